The molecule has 0 rings (SSSR count). The molecule has 0 fully saturated rings. The molecule has 2 atom stereocenters. The molecule has 0 spiro atoms. The topological polar surface area (TPSA) is 46.5 Å². The molecular weight excluding hydrogens is 144 g/mol. The second-order valence-corrected chi connectivity index (χ2v) is 2.70. The molecule has 0 aromatic heterocycles. The van der Waals surface area contributed by atoms with Crippen LogP contribution in [0.5, 0.6) is 0 Å². The molecule has 0 saturated carbocycles. The van der Waals surface area contributed by atoms with Crippen molar-refractivity contribution < 1.29 is 14.6 Å². The summed E-state index contributed by atoms with van der Waals surface area (Å²) >= 11 is 0. The first-order valence-electron chi connectivity index (χ1n) is 3.86. The standard InChI is InChI=1S/C8H16O3/c1-4-6(2)7(5-9)8(10)11-3/h6-7,9H,4-5H2,1-3H3. The SMILES string of the molecule is CCC(C)C(CO)C(=O)OC. The zero-order chi connectivity index (χ0) is 8.85. The summed E-state index contributed by atoms with van der Waals surface area (Å²) in [6.07, 6.45) is 0.875. The maximum Gasteiger partial charge on any atom is 0.311 e. The van der Waals surface area contributed by atoms with E-state index < -0.39 is 0 Å². The van der Waals surface area contributed by atoms with Gasteiger partial charge in [0.15, 0.2) is 0 Å². The summed E-state index contributed by atoms with van der Waals surface area (Å²) in [4.78, 5) is 11.0. The number of ether oxygens (including phenoxy) is 1. The zero-order valence-corrected chi connectivity index (χ0v) is 7.33. The van der Waals surface area contributed by atoms with Crippen LogP contribution in [0.3, 0.4) is 0 Å². The van der Waals surface area contributed by atoms with E-state index in [1.165, 1.54) is 7.11 Å². The third kappa shape index (κ3) is 2.89. The van der Waals surface area contributed by atoms with Crippen molar-refractivity contribution in [1.29, 1.82) is 0 Å². The van der Waals surface area contributed by atoms with Crippen molar-refractivity contribution in [2.75, 3.05) is 13.7 Å². The molecule has 2 unspecified atom stereocenters. The summed E-state index contributed by atoms with van der Waals surface area (Å²) in [7, 11) is 1.34. The van der Waals surface area contributed by atoms with Crippen LogP contribution >= 0.6 is 0 Å². The van der Waals surface area contributed by atoms with E-state index in [0.717, 1.165) is 6.42 Å². The maximum absolute atomic E-state index is 11.0. The molecule has 0 aliphatic carbocycles. The normalized spacial score (nSPS) is 15.6. The molecule has 0 aliphatic heterocycles. The molecule has 3 nitrogen and oxygen atoms in total. The quantitative estimate of drug-likeness (QED) is 0.619. The molecule has 0 aromatic rings. The second kappa shape index (κ2) is 5.13. The van der Waals surface area contributed by atoms with Crippen molar-refractivity contribution in [2.45, 2.75) is 20.3 Å². The summed E-state index contributed by atoms with van der Waals surface area (Å²) < 4.78 is 4.53. The summed E-state index contributed by atoms with van der Waals surface area (Å²) in [6, 6.07) is 0. The lowest BCUT2D eigenvalue weighted by molar-refractivity contribution is -0.148. The van der Waals surface area contributed by atoms with Gasteiger partial charge in [0.2, 0.25) is 0 Å². The Labute approximate surface area is 67.4 Å². The smallest absolute Gasteiger partial charge is 0.311 e. The highest BCUT2D eigenvalue weighted by molar-refractivity contribution is 5.72. The van der Waals surface area contributed by atoms with E-state index in [2.05, 4.69) is 4.74 Å². The monoisotopic (exact) mass is 160 g/mol. The molecule has 0 aromatic carbocycles. The molecule has 11 heavy (non-hydrogen) atoms. The third-order valence-electron chi connectivity index (χ3n) is 2.03. The number of hydrogen-bond donors (Lipinski definition) is 1. The molecule has 1 N–H and O–H groups in total. The first kappa shape index (κ1) is 10.4. The zero-order valence-electron chi connectivity index (χ0n) is 7.33. The number of hydrogen-bond acceptors (Lipinski definition) is 3. The number of carbonyl (C=O) groups excluding carboxylic acids is 1. The third-order valence-corrected chi connectivity index (χ3v) is 2.03. The van der Waals surface area contributed by atoms with Gasteiger partial charge < -0.3 is 9.84 Å². The van der Waals surface area contributed by atoms with Crippen molar-refractivity contribution in [2.24, 2.45) is 11.8 Å². The van der Waals surface area contributed by atoms with Gasteiger partial charge >= 0.3 is 5.97 Å². The van der Waals surface area contributed by atoms with Gasteiger partial charge in [-0.2, -0.15) is 0 Å². The van der Waals surface area contributed by atoms with E-state index in [1.54, 1.807) is 0 Å². The molecule has 0 saturated heterocycles. The van der Waals surface area contributed by atoms with Crippen LogP contribution < -0.4 is 0 Å². The van der Waals surface area contributed by atoms with Crippen molar-refractivity contribution in [3.05, 3.63) is 0 Å². The molecule has 0 radical (unpaired) electrons. The van der Waals surface area contributed by atoms with Gasteiger partial charge in [-0.1, -0.05) is 20.3 Å². The lowest BCUT2D eigenvalue weighted by Gasteiger charge is -2.17. The Kier molecular flexibility index (Phi) is 4.86. The fraction of sp³-hybridized carbons (Fsp3) is 0.875. The van der Waals surface area contributed by atoms with Crippen LogP contribution in [0.2, 0.25) is 0 Å². The molecule has 3 heteroatoms. The van der Waals surface area contributed by atoms with E-state index in [4.69, 9.17) is 5.11 Å². The number of carbonyl (C=O) groups is 1. The van der Waals surface area contributed by atoms with Crippen molar-refractivity contribution >= 4 is 5.97 Å². The fourth-order valence-electron chi connectivity index (χ4n) is 0.923. The van der Waals surface area contributed by atoms with Crippen molar-refractivity contribution in [3.63, 3.8) is 0 Å². The number of esters is 1. The minimum absolute atomic E-state index is 0.123. The fourth-order valence-corrected chi connectivity index (χ4v) is 0.923. The Morgan fingerprint density at radius 3 is 2.45 bits per heavy atom. The number of rotatable bonds is 4. The predicted molar refractivity (Wildman–Crippen MR) is 42.0 cm³/mol. The second-order valence-electron chi connectivity index (χ2n) is 2.70. The van der Waals surface area contributed by atoms with E-state index in [1.807, 2.05) is 13.8 Å². The first-order chi connectivity index (χ1) is 5.17. The molecule has 0 bridgehead atoms. The average Bonchev–Trinajstić information content (AvgIpc) is 2.05. The Bertz CT molecular complexity index is 123. The summed E-state index contributed by atoms with van der Waals surface area (Å²) in [6.45, 7) is 3.79. The van der Waals surface area contributed by atoms with Crippen molar-refractivity contribution in [3.8, 4) is 0 Å². The average molecular weight is 160 g/mol. The predicted octanol–water partition coefficient (Wildman–Crippen LogP) is 0.814. The minimum Gasteiger partial charge on any atom is -0.469 e. The highest BCUT2D eigenvalue weighted by atomic mass is 16.5. The summed E-state index contributed by atoms with van der Waals surface area (Å²) in [5, 5.41) is 8.83. The Hall–Kier alpha value is -0.570. The van der Waals surface area contributed by atoms with Crippen LogP contribution in [0, 0.1) is 11.8 Å². The molecule has 0 aliphatic rings. The highest BCUT2D eigenvalue weighted by Gasteiger charge is 2.23. The van der Waals surface area contributed by atoms with E-state index in [0.29, 0.717) is 0 Å². The first-order valence-corrected chi connectivity index (χ1v) is 3.86. The van der Waals surface area contributed by atoms with Gasteiger partial charge in [0.1, 0.15) is 0 Å². The van der Waals surface area contributed by atoms with Crippen molar-refractivity contribution in [1.82, 2.24) is 0 Å². The van der Waals surface area contributed by atoms with Gasteiger partial charge in [-0.25, -0.2) is 0 Å². The lowest BCUT2D eigenvalue weighted by Crippen LogP contribution is -2.26. The van der Waals surface area contributed by atoms with Gasteiger partial charge in [0.25, 0.3) is 0 Å². The molecule has 0 amide bonds. The van der Waals surface area contributed by atoms with Gasteiger partial charge in [-0.15, -0.1) is 0 Å². The summed E-state index contributed by atoms with van der Waals surface area (Å²) in [5.74, 6) is -0.487. The van der Waals surface area contributed by atoms with Crippen LogP contribution in [0.4, 0.5) is 0 Å². The molecular formula is C8H16O3. The molecule has 66 valence electrons. The number of aliphatic hydroxyl groups is 1. The summed E-state index contributed by atoms with van der Waals surface area (Å²) in [5.41, 5.74) is 0. The maximum atomic E-state index is 11.0. The number of aliphatic hydroxyl groups excluding tert-OH is 1. The van der Waals surface area contributed by atoms with Gasteiger partial charge in [-0.05, 0) is 5.92 Å². The molecule has 0 heterocycles. The van der Waals surface area contributed by atoms with E-state index in [9.17, 15) is 4.79 Å². The lowest BCUT2D eigenvalue weighted by atomic mass is 9.93. The van der Waals surface area contributed by atoms with Crippen LogP contribution in [-0.2, 0) is 9.53 Å². The minimum atomic E-state index is -0.356. The van der Waals surface area contributed by atoms with Gasteiger partial charge in [0, 0.05) is 0 Å². The Balaban J connectivity index is 4.03. The van der Waals surface area contributed by atoms with Crippen LogP contribution in [0.25, 0.3) is 0 Å². The number of methoxy groups -OCH3 is 1. The van der Waals surface area contributed by atoms with Crippen LogP contribution in [0.1, 0.15) is 20.3 Å². The largest absolute Gasteiger partial charge is 0.469 e. The Morgan fingerprint density at radius 2 is 2.18 bits per heavy atom. The van der Waals surface area contributed by atoms with E-state index in [-0.39, 0.29) is 24.4 Å². The van der Waals surface area contributed by atoms with Crippen LogP contribution in [0.15, 0.2) is 0 Å². The van der Waals surface area contributed by atoms with Gasteiger partial charge in [-0.3, -0.25) is 4.79 Å². The highest BCUT2D eigenvalue weighted by Crippen LogP contribution is 2.15. The van der Waals surface area contributed by atoms with Gasteiger partial charge in [0.05, 0.1) is 19.6 Å². The Morgan fingerprint density at radius 1 is 1.64 bits per heavy atom. The van der Waals surface area contributed by atoms with E-state index >= 15 is 0 Å². The van der Waals surface area contributed by atoms with Crippen LogP contribution in [-0.4, -0.2) is 24.8 Å².